The molecule has 2 amide bonds. The molecule has 11 heteroatoms. The molecule has 3 aliphatic rings. The van der Waals surface area contributed by atoms with E-state index in [1.54, 1.807) is 16.7 Å². The number of hydrogen-bond acceptors (Lipinski definition) is 7. The number of esters is 1. The number of ether oxygens (including phenoxy) is 2. The number of piperidine rings is 2. The number of benzene rings is 1. The van der Waals surface area contributed by atoms with Gasteiger partial charge in [-0.1, -0.05) is 6.07 Å². The van der Waals surface area contributed by atoms with E-state index in [0.29, 0.717) is 57.7 Å². The van der Waals surface area contributed by atoms with E-state index in [9.17, 15) is 14.4 Å². The van der Waals surface area contributed by atoms with E-state index in [1.165, 1.54) is 5.56 Å². The van der Waals surface area contributed by atoms with Crippen molar-refractivity contribution in [3.05, 3.63) is 29.3 Å². The third-order valence-electron chi connectivity index (χ3n) is 8.35. The number of nitrogens with zero attached hydrogens (tertiary/aromatic N) is 4. The van der Waals surface area contributed by atoms with Crippen molar-refractivity contribution >= 4 is 23.7 Å². The summed E-state index contributed by atoms with van der Waals surface area (Å²) < 4.78 is 11.7. The Kier molecular flexibility index (Phi) is 9.55. The second-order valence-electron chi connectivity index (χ2n) is 11.4. The van der Waals surface area contributed by atoms with Crippen molar-refractivity contribution in [3.63, 3.8) is 0 Å². The van der Waals surface area contributed by atoms with Crippen LogP contribution in [0.2, 0.25) is 0 Å². The van der Waals surface area contributed by atoms with E-state index < -0.39 is 11.5 Å². The molecule has 1 unspecified atom stereocenters. The number of likely N-dealkylation sites (N-methyl/N-ethyl adjacent to an activating group) is 1. The summed E-state index contributed by atoms with van der Waals surface area (Å²) in [6.07, 6.45) is 4.16. The second kappa shape index (κ2) is 12.9. The first-order valence-electron chi connectivity index (χ1n) is 14.4. The summed E-state index contributed by atoms with van der Waals surface area (Å²) in [7, 11) is 3.70. The minimum atomic E-state index is -0.860. The minimum absolute atomic E-state index is 0.0224. The van der Waals surface area contributed by atoms with Gasteiger partial charge in [-0.3, -0.25) is 19.8 Å². The Labute approximate surface area is 237 Å². The lowest BCUT2D eigenvalue weighted by atomic mass is 9.78. The van der Waals surface area contributed by atoms with E-state index >= 15 is 0 Å². The standard InChI is InChI=1S/C29H44N6O5/c1-4-39-27(38)29(20-40-23-9-8-21-10-14-34(28(30)31)18-22(21)17-23)11-15-33(16-12-29)26(37)24-7-5-6-13-35(24)25(36)19-32(2)3/h8-9,17,24H,4-7,10-16,18-20H2,1-3H3,(H3,30,31). The molecule has 1 aromatic rings. The van der Waals surface area contributed by atoms with Gasteiger partial charge in [0, 0.05) is 32.7 Å². The molecule has 1 atom stereocenters. The number of fused-ring (bicyclic) bond motifs is 1. The molecule has 0 bridgehead atoms. The molecule has 40 heavy (non-hydrogen) atoms. The molecule has 0 aromatic heterocycles. The van der Waals surface area contributed by atoms with Gasteiger partial charge in [0.25, 0.3) is 0 Å². The number of rotatable bonds is 8. The third-order valence-corrected chi connectivity index (χ3v) is 8.35. The Morgan fingerprint density at radius 3 is 2.50 bits per heavy atom. The molecule has 3 heterocycles. The highest BCUT2D eigenvalue weighted by Crippen LogP contribution is 2.35. The van der Waals surface area contributed by atoms with Gasteiger partial charge < -0.3 is 34.8 Å². The van der Waals surface area contributed by atoms with Crippen molar-refractivity contribution in [2.45, 2.75) is 58.0 Å². The molecule has 1 aromatic carbocycles. The van der Waals surface area contributed by atoms with E-state index in [0.717, 1.165) is 24.8 Å². The van der Waals surface area contributed by atoms with Crippen LogP contribution in [0.5, 0.6) is 5.75 Å². The summed E-state index contributed by atoms with van der Waals surface area (Å²) in [6, 6.07) is 5.47. The van der Waals surface area contributed by atoms with Crippen molar-refractivity contribution in [3.8, 4) is 5.75 Å². The highest BCUT2D eigenvalue weighted by molar-refractivity contribution is 5.89. The highest BCUT2D eigenvalue weighted by atomic mass is 16.5. The first-order chi connectivity index (χ1) is 19.1. The number of nitrogens with two attached hydrogens (primary N) is 1. The van der Waals surface area contributed by atoms with E-state index in [2.05, 4.69) is 0 Å². The topological polar surface area (TPSA) is 132 Å². The lowest BCUT2D eigenvalue weighted by Gasteiger charge is -2.43. The van der Waals surface area contributed by atoms with Crippen LogP contribution in [0.1, 0.15) is 50.2 Å². The second-order valence-corrected chi connectivity index (χ2v) is 11.4. The van der Waals surface area contributed by atoms with Crippen LogP contribution in [-0.4, -0.2) is 109 Å². The van der Waals surface area contributed by atoms with Crippen LogP contribution in [0, 0.1) is 10.8 Å². The van der Waals surface area contributed by atoms with E-state index in [4.69, 9.17) is 20.6 Å². The van der Waals surface area contributed by atoms with Crippen LogP contribution in [0.25, 0.3) is 0 Å². The predicted molar refractivity (Wildman–Crippen MR) is 151 cm³/mol. The summed E-state index contributed by atoms with van der Waals surface area (Å²) >= 11 is 0. The van der Waals surface area contributed by atoms with E-state index in [1.807, 2.05) is 42.1 Å². The quantitative estimate of drug-likeness (QED) is 0.279. The summed E-state index contributed by atoms with van der Waals surface area (Å²) in [5.41, 5.74) is 7.10. The molecule has 220 valence electrons. The number of carbonyl (C=O) groups excluding carboxylic acids is 3. The van der Waals surface area contributed by atoms with E-state index in [-0.39, 0.29) is 43.5 Å². The lowest BCUT2D eigenvalue weighted by Crippen LogP contribution is -2.57. The van der Waals surface area contributed by atoms with Gasteiger partial charge in [0.2, 0.25) is 11.8 Å². The van der Waals surface area contributed by atoms with Crippen molar-refractivity contribution in [1.82, 2.24) is 19.6 Å². The predicted octanol–water partition coefficient (Wildman–Crippen LogP) is 1.43. The Morgan fingerprint density at radius 2 is 1.82 bits per heavy atom. The Hall–Kier alpha value is -3.34. The number of hydrogen-bond donors (Lipinski definition) is 2. The molecule has 4 rings (SSSR count). The minimum Gasteiger partial charge on any atom is -0.492 e. The van der Waals surface area contributed by atoms with Crippen molar-refractivity contribution < 1.29 is 23.9 Å². The zero-order valence-corrected chi connectivity index (χ0v) is 24.1. The Morgan fingerprint density at radius 1 is 1.07 bits per heavy atom. The summed E-state index contributed by atoms with van der Waals surface area (Å²) in [4.78, 5) is 46.8. The number of carbonyl (C=O) groups is 3. The summed E-state index contributed by atoms with van der Waals surface area (Å²) in [6.45, 7) is 5.18. The average molecular weight is 557 g/mol. The molecule has 2 fully saturated rings. The number of likely N-dealkylation sites (tertiary alicyclic amines) is 2. The van der Waals surface area contributed by atoms with Gasteiger partial charge in [-0.05, 0) is 82.8 Å². The Balaban J connectivity index is 1.42. The normalized spacial score (nSPS) is 20.6. The first-order valence-corrected chi connectivity index (χ1v) is 14.4. The maximum absolute atomic E-state index is 13.6. The average Bonchev–Trinajstić information content (AvgIpc) is 2.95. The van der Waals surface area contributed by atoms with Gasteiger partial charge in [-0.2, -0.15) is 0 Å². The van der Waals surface area contributed by atoms with Crippen LogP contribution < -0.4 is 10.5 Å². The molecule has 11 nitrogen and oxygen atoms in total. The molecule has 0 radical (unpaired) electrons. The SMILES string of the molecule is CCOC(=O)C1(COc2ccc3c(c2)CN(C(=N)N)CC3)CCN(C(=O)C2CCCCN2C(=O)CN(C)C)CC1. The van der Waals surface area contributed by atoms with Gasteiger partial charge >= 0.3 is 5.97 Å². The zero-order valence-electron chi connectivity index (χ0n) is 24.1. The fraction of sp³-hybridized carbons (Fsp3) is 0.655. The lowest BCUT2D eigenvalue weighted by molar-refractivity contribution is -0.163. The van der Waals surface area contributed by atoms with Gasteiger partial charge in [0.15, 0.2) is 5.96 Å². The fourth-order valence-electron chi connectivity index (χ4n) is 5.96. The number of nitrogens with one attached hydrogen (secondary N) is 1. The largest absolute Gasteiger partial charge is 0.492 e. The molecule has 0 spiro atoms. The molecule has 3 aliphatic heterocycles. The first kappa shape index (κ1) is 29.6. The fourth-order valence-corrected chi connectivity index (χ4v) is 5.96. The van der Waals surface area contributed by atoms with Crippen LogP contribution >= 0.6 is 0 Å². The molecular weight excluding hydrogens is 512 g/mol. The van der Waals surface area contributed by atoms with Gasteiger partial charge in [-0.15, -0.1) is 0 Å². The van der Waals surface area contributed by atoms with Crippen molar-refractivity contribution in [2.24, 2.45) is 11.1 Å². The van der Waals surface area contributed by atoms with Gasteiger partial charge in [0.05, 0.1) is 13.2 Å². The Bertz CT molecular complexity index is 1100. The van der Waals surface area contributed by atoms with Crippen LogP contribution in [0.3, 0.4) is 0 Å². The molecule has 3 N–H and O–H groups in total. The molecular formula is C29H44N6O5. The molecule has 0 saturated carbocycles. The van der Waals surface area contributed by atoms with Crippen molar-refractivity contribution in [2.75, 3.05) is 60.0 Å². The number of amides is 2. The number of guanidine groups is 1. The van der Waals surface area contributed by atoms with Gasteiger partial charge in [-0.25, -0.2) is 0 Å². The summed E-state index contributed by atoms with van der Waals surface area (Å²) in [5.74, 6) is 0.352. The van der Waals surface area contributed by atoms with Crippen LogP contribution in [0.4, 0.5) is 0 Å². The molecule has 0 aliphatic carbocycles. The van der Waals surface area contributed by atoms with Gasteiger partial charge in [0.1, 0.15) is 23.8 Å². The summed E-state index contributed by atoms with van der Waals surface area (Å²) in [5, 5.41) is 7.75. The zero-order chi connectivity index (χ0) is 28.9. The maximum Gasteiger partial charge on any atom is 0.315 e. The maximum atomic E-state index is 13.6. The molecule has 2 saturated heterocycles. The van der Waals surface area contributed by atoms with Crippen molar-refractivity contribution in [1.29, 1.82) is 5.41 Å². The third kappa shape index (κ3) is 6.68. The highest BCUT2D eigenvalue weighted by Gasteiger charge is 2.46. The smallest absolute Gasteiger partial charge is 0.315 e. The van der Waals surface area contributed by atoms with Crippen LogP contribution in [-0.2, 0) is 32.1 Å². The monoisotopic (exact) mass is 556 g/mol. The van der Waals surface area contributed by atoms with Crippen LogP contribution in [0.15, 0.2) is 18.2 Å².